The summed E-state index contributed by atoms with van der Waals surface area (Å²) in [6, 6.07) is 13.4. The third-order valence-corrected chi connectivity index (χ3v) is 4.36. The summed E-state index contributed by atoms with van der Waals surface area (Å²) in [6.07, 6.45) is 6.50. The highest BCUT2D eigenvalue weighted by molar-refractivity contribution is 6.00. The number of carbonyl (C=O) groups is 1. The highest BCUT2D eigenvalue weighted by atomic mass is 16.7. The fourth-order valence-corrected chi connectivity index (χ4v) is 2.92. The zero-order chi connectivity index (χ0) is 21.0. The molecule has 0 bridgehead atoms. The summed E-state index contributed by atoms with van der Waals surface area (Å²) in [7, 11) is 0. The Balaban J connectivity index is 1.20. The molecular weight excluding hydrogens is 400 g/mol. The van der Waals surface area contributed by atoms with Crippen LogP contribution >= 0.6 is 0 Å². The minimum atomic E-state index is -0.381. The fourth-order valence-electron chi connectivity index (χ4n) is 2.92. The van der Waals surface area contributed by atoms with E-state index in [0.717, 1.165) is 0 Å². The van der Waals surface area contributed by atoms with Crippen molar-refractivity contribution in [3.8, 4) is 28.9 Å². The topological polar surface area (TPSA) is 112 Å². The smallest absolute Gasteiger partial charge is 0.323 e. The molecule has 1 aliphatic heterocycles. The van der Waals surface area contributed by atoms with Gasteiger partial charge in [-0.25, -0.2) is 19.7 Å². The molecule has 10 nitrogen and oxygen atoms in total. The molecule has 154 valence electrons. The molecule has 3 heterocycles. The number of carbonyl (C=O) groups excluding carboxylic acids is 1. The van der Waals surface area contributed by atoms with Crippen LogP contribution in [0.5, 0.6) is 23.1 Å². The number of hydrogen-bond acceptors (Lipinski definition) is 7. The first-order valence-corrected chi connectivity index (χ1v) is 9.29. The fraction of sp³-hybridized carbons (Fsp3) is 0.0476. The van der Waals surface area contributed by atoms with Crippen molar-refractivity contribution in [3.63, 3.8) is 0 Å². The normalized spacial score (nSPS) is 11.7. The van der Waals surface area contributed by atoms with Crippen LogP contribution in [0.4, 0.5) is 16.2 Å². The second-order valence-electron chi connectivity index (χ2n) is 6.46. The van der Waals surface area contributed by atoms with Crippen LogP contribution in [0.2, 0.25) is 0 Å². The summed E-state index contributed by atoms with van der Waals surface area (Å²) in [4.78, 5) is 24.6. The van der Waals surface area contributed by atoms with Gasteiger partial charge in [-0.15, -0.1) is 0 Å². The van der Waals surface area contributed by atoms with Gasteiger partial charge in [0.1, 0.15) is 24.2 Å². The van der Waals surface area contributed by atoms with Crippen LogP contribution in [-0.4, -0.2) is 32.3 Å². The first-order chi connectivity index (χ1) is 15.2. The summed E-state index contributed by atoms with van der Waals surface area (Å²) in [5.41, 5.74) is 1.20. The van der Waals surface area contributed by atoms with Crippen LogP contribution in [-0.2, 0) is 0 Å². The molecule has 2 N–H and O–H groups in total. The minimum Gasteiger partial charge on any atom is -0.454 e. The Bertz CT molecular complexity index is 1210. The molecule has 0 saturated heterocycles. The van der Waals surface area contributed by atoms with E-state index < -0.39 is 0 Å². The molecule has 0 radical (unpaired) electrons. The van der Waals surface area contributed by atoms with E-state index >= 15 is 0 Å². The summed E-state index contributed by atoms with van der Waals surface area (Å²) >= 11 is 0. The van der Waals surface area contributed by atoms with Crippen LogP contribution in [0.15, 0.2) is 73.6 Å². The van der Waals surface area contributed by atoms with Gasteiger partial charge in [-0.2, -0.15) is 0 Å². The maximum absolute atomic E-state index is 12.3. The third-order valence-electron chi connectivity index (χ3n) is 4.36. The predicted molar refractivity (Wildman–Crippen MR) is 111 cm³/mol. The summed E-state index contributed by atoms with van der Waals surface area (Å²) < 4.78 is 18.1. The van der Waals surface area contributed by atoms with Gasteiger partial charge in [0.15, 0.2) is 11.5 Å². The molecule has 2 amide bonds. The second-order valence-corrected chi connectivity index (χ2v) is 6.46. The number of amides is 2. The van der Waals surface area contributed by atoms with E-state index in [0.29, 0.717) is 40.3 Å². The standard InChI is InChI=1S/C21H16N6O4/c28-21(26-15-3-6-17-18(9-15)30-13-29-17)25-14-1-4-16(5-2-14)31-20-10-19(23-11-24-20)27-8-7-22-12-27/h1-12H,13H2,(H2,25,26,28). The van der Waals surface area contributed by atoms with Crippen molar-refractivity contribution < 1.29 is 19.0 Å². The van der Waals surface area contributed by atoms with Crippen molar-refractivity contribution in [2.75, 3.05) is 17.4 Å². The number of nitrogens with zero attached hydrogens (tertiary/aromatic N) is 4. The van der Waals surface area contributed by atoms with Crippen LogP contribution in [0.1, 0.15) is 0 Å². The lowest BCUT2D eigenvalue weighted by Gasteiger charge is -2.10. The molecule has 31 heavy (non-hydrogen) atoms. The number of anilines is 2. The van der Waals surface area contributed by atoms with Crippen molar-refractivity contribution >= 4 is 17.4 Å². The molecule has 0 saturated carbocycles. The van der Waals surface area contributed by atoms with Gasteiger partial charge >= 0.3 is 6.03 Å². The maximum Gasteiger partial charge on any atom is 0.323 e. The van der Waals surface area contributed by atoms with Gasteiger partial charge in [0.2, 0.25) is 12.7 Å². The number of rotatable bonds is 5. The molecule has 2 aromatic heterocycles. The zero-order valence-electron chi connectivity index (χ0n) is 16.1. The Morgan fingerprint density at radius 3 is 2.61 bits per heavy atom. The maximum atomic E-state index is 12.3. The van der Waals surface area contributed by atoms with E-state index in [1.54, 1.807) is 71.8 Å². The quantitative estimate of drug-likeness (QED) is 0.508. The lowest BCUT2D eigenvalue weighted by molar-refractivity contribution is 0.174. The van der Waals surface area contributed by atoms with Crippen molar-refractivity contribution in [2.45, 2.75) is 0 Å². The van der Waals surface area contributed by atoms with E-state index in [4.69, 9.17) is 14.2 Å². The first-order valence-electron chi connectivity index (χ1n) is 9.29. The molecule has 2 aromatic carbocycles. The molecule has 0 atom stereocenters. The number of benzene rings is 2. The van der Waals surface area contributed by atoms with Crippen LogP contribution < -0.4 is 24.8 Å². The van der Waals surface area contributed by atoms with Crippen LogP contribution in [0.25, 0.3) is 5.82 Å². The van der Waals surface area contributed by atoms with E-state index in [2.05, 4.69) is 25.6 Å². The Labute approximate surface area is 176 Å². The number of hydrogen-bond donors (Lipinski definition) is 2. The van der Waals surface area contributed by atoms with Crippen molar-refractivity contribution in [3.05, 3.63) is 73.6 Å². The monoisotopic (exact) mass is 416 g/mol. The molecule has 4 aromatic rings. The van der Waals surface area contributed by atoms with Gasteiger partial charge in [0.25, 0.3) is 0 Å². The lowest BCUT2D eigenvalue weighted by Crippen LogP contribution is -2.19. The van der Waals surface area contributed by atoms with E-state index in [9.17, 15) is 4.79 Å². The van der Waals surface area contributed by atoms with Gasteiger partial charge in [0, 0.05) is 35.9 Å². The van der Waals surface area contributed by atoms with Crippen LogP contribution in [0.3, 0.4) is 0 Å². The van der Waals surface area contributed by atoms with Gasteiger partial charge in [-0.05, 0) is 36.4 Å². The Hall–Kier alpha value is -4.60. The average molecular weight is 416 g/mol. The van der Waals surface area contributed by atoms with E-state index in [-0.39, 0.29) is 12.8 Å². The Morgan fingerprint density at radius 2 is 1.77 bits per heavy atom. The molecule has 5 rings (SSSR count). The minimum absolute atomic E-state index is 0.180. The second kappa shape index (κ2) is 8.03. The van der Waals surface area contributed by atoms with Crippen molar-refractivity contribution in [1.29, 1.82) is 0 Å². The number of imidazole rings is 1. The molecule has 1 aliphatic rings. The zero-order valence-corrected chi connectivity index (χ0v) is 16.1. The number of fused-ring (bicyclic) bond motifs is 1. The lowest BCUT2D eigenvalue weighted by atomic mass is 10.3. The highest BCUT2D eigenvalue weighted by Gasteiger charge is 2.14. The highest BCUT2D eigenvalue weighted by Crippen LogP contribution is 2.34. The SMILES string of the molecule is O=C(Nc1ccc(Oc2cc(-n3ccnc3)ncn2)cc1)Nc1ccc2c(c1)OCO2. The van der Waals surface area contributed by atoms with E-state index in [1.807, 2.05) is 0 Å². The van der Waals surface area contributed by atoms with Gasteiger partial charge < -0.3 is 24.8 Å². The third kappa shape index (κ3) is 4.22. The number of ether oxygens (including phenoxy) is 3. The first kappa shape index (κ1) is 18.4. The number of aromatic nitrogens is 4. The van der Waals surface area contributed by atoms with E-state index in [1.165, 1.54) is 6.33 Å². The van der Waals surface area contributed by atoms with Crippen molar-refractivity contribution in [2.24, 2.45) is 0 Å². The Morgan fingerprint density at radius 1 is 0.968 bits per heavy atom. The predicted octanol–water partition coefficient (Wildman–Crippen LogP) is 3.83. The summed E-state index contributed by atoms with van der Waals surface area (Å²) in [5, 5.41) is 5.52. The number of urea groups is 1. The molecule has 10 heteroatoms. The van der Waals surface area contributed by atoms with Crippen LogP contribution in [0, 0.1) is 0 Å². The Kier molecular flexibility index (Phi) is 4.77. The van der Waals surface area contributed by atoms with Gasteiger partial charge in [-0.3, -0.25) is 4.57 Å². The molecular formula is C21H16N6O4. The van der Waals surface area contributed by atoms with Gasteiger partial charge in [-0.1, -0.05) is 0 Å². The van der Waals surface area contributed by atoms with Gasteiger partial charge in [0.05, 0.1) is 0 Å². The number of nitrogens with one attached hydrogen (secondary N) is 2. The molecule has 0 unspecified atom stereocenters. The van der Waals surface area contributed by atoms with Crippen molar-refractivity contribution in [1.82, 2.24) is 19.5 Å². The summed E-state index contributed by atoms with van der Waals surface area (Å²) in [5.74, 6) is 2.85. The average Bonchev–Trinajstić information content (AvgIpc) is 3.47. The molecule has 0 spiro atoms. The largest absolute Gasteiger partial charge is 0.454 e. The summed E-state index contributed by atoms with van der Waals surface area (Å²) in [6.45, 7) is 0.180. The molecule has 0 fully saturated rings. The molecule has 0 aliphatic carbocycles.